The van der Waals surface area contributed by atoms with Crippen molar-refractivity contribution in [1.29, 1.82) is 0 Å². The van der Waals surface area contributed by atoms with Gasteiger partial charge in [0.05, 0.1) is 0 Å². The molecule has 0 amide bonds. The van der Waals surface area contributed by atoms with E-state index in [2.05, 4.69) is 127 Å². The largest absolute Gasteiger partial charge is 0.435 e. The molecule has 0 bridgehead atoms. The highest BCUT2D eigenvalue weighted by Gasteiger charge is 2.18. The zero-order chi connectivity index (χ0) is 37.7. The molecule has 9 aromatic carbocycles. The maximum atomic E-state index is 6.46. The van der Waals surface area contributed by atoms with Crippen molar-refractivity contribution in [3.05, 3.63) is 194 Å². The maximum Gasteiger partial charge on any atom is 0.227 e. The van der Waals surface area contributed by atoms with Crippen LogP contribution in [0.4, 0.5) is 0 Å². The summed E-state index contributed by atoms with van der Waals surface area (Å²) in [5.74, 6) is 2.52. The number of oxazole rings is 1. The van der Waals surface area contributed by atoms with Gasteiger partial charge in [0.1, 0.15) is 5.52 Å². The van der Waals surface area contributed by atoms with E-state index in [1.165, 1.54) is 10.8 Å². The predicted octanol–water partition coefficient (Wildman–Crippen LogP) is 13.5. The first kappa shape index (κ1) is 32.7. The summed E-state index contributed by atoms with van der Waals surface area (Å²) < 4.78 is 6.46. The molecule has 2 heterocycles. The molecule has 0 radical (unpaired) electrons. The summed E-state index contributed by atoms with van der Waals surface area (Å²) >= 11 is 0. The summed E-state index contributed by atoms with van der Waals surface area (Å²) in [6.07, 6.45) is 0. The third-order valence-corrected chi connectivity index (χ3v) is 10.7. The van der Waals surface area contributed by atoms with Gasteiger partial charge in [0.15, 0.2) is 23.1 Å². The van der Waals surface area contributed by atoms with Crippen molar-refractivity contribution in [2.24, 2.45) is 0 Å². The standard InChI is InChI=1S/C52H32N4O/c1-3-13-36(14-4-1)49-54-50(56-51(55-49)45-32-39-17-7-8-21-41(39)43-22-9-10-23-44(43)45)40-20-11-19-38(31-40)33-25-27-34(28-26-33)42-24-12-18-35-29-30-46-48(47(35)42)57-52(53-46)37-15-5-2-6-16-37/h1-32H. The van der Waals surface area contributed by atoms with Gasteiger partial charge in [0, 0.05) is 27.6 Å². The molecule has 0 spiro atoms. The zero-order valence-corrected chi connectivity index (χ0v) is 30.7. The third kappa shape index (κ3) is 5.81. The van der Waals surface area contributed by atoms with Gasteiger partial charge in [-0.1, -0.05) is 164 Å². The fourth-order valence-corrected chi connectivity index (χ4v) is 7.96. The second-order valence-electron chi connectivity index (χ2n) is 14.2. The maximum absolute atomic E-state index is 6.46. The van der Waals surface area contributed by atoms with Gasteiger partial charge in [0.25, 0.3) is 0 Å². The van der Waals surface area contributed by atoms with Crippen molar-refractivity contribution in [2.45, 2.75) is 0 Å². The second-order valence-corrected chi connectivity index (χ2v) is 14.2. The van der Waals surface area contributed by atoms with E-state index >= 15 is 0 Å². The number of hydrogen-bond donors (Lipinski definition) is 0. The lowest BCUT2D eigenvalue weighted by Crippen LogP contribution is -2.01. The monoisotopic (exact) mass is 728 g/mol. The summed E-state index contributed by atoms with van der Waals surface area (Å²) in [6, 6.07) is 67.1. The summed E-state index contributed by atoms with van der Waals surface area (Å²) in [5, 5.41) is 6.79. The van der Waals surface area contributed by atoms with Crippen molar-refractivity contribution in [1.82, 2.24) is 19.9 Å². The molecular weight excluding hydrogens is 697 g/mol. The van der Waals surface area contributed by atoms with Crippen LogP contribution in [0.3, 0.4) is 0 Å². The number of rotatable bonds is 6. The van der Waals surface area contributed by atoms with E-state index in [9.17, 15) is 0 Å². The van der Waals surface area contributed by atoms with E-state index in [-0.39, 0.29) is 0 Å². The normalized spacial score (nSPS) is 11.5. The molecular formula is C52H32N4O. The highest BCUT2D eigenvalue weighted by Crippen LogP contribution is 2.39. The van der Waals surface area contributed by atoms with Crippen LogP contribution in [0.5, 0.6) is 0 Å². The van der Waals surface area contributed by atoms with Crippen molar-refractivity contribution in [3.8, 4) is 67.9 Å². The van der Waals surface area contributed by atoms with Crippen molar-refractivity contribution in [3.63, 3.8) is 0 Å². The molecule has 0 saturated heterocycles. The van der Waals surface area contributed by atoms with E-state index in [1.54, 1.807) is 0 Å². The molecule has 0 unspecified atom stereocenters. The van der Waals surface area contributed by atoms with Crippen LogP contribution in [-0.2, 0) is 0 Å². The molecule has 0 aliphatic rings. The summed E-state index contributed by atoms with van der Waals surface area (Å²) in [6.45, 7) is 0. The highest BCUT2D eigenvalue weighted by molar-refractivity contribution is 6.13. The Bertz CT molecular complexity index is 3280. The average molecular weight is 729 g/mol. The fraction of sp³-hybridized carbons (Fsp3) is 0. The van der Waals surface area contributed by atoms with Gasteiger partial charge in [-0.25, -0.2) is 19.9 Å². The van der Waals surface area contributed by atoms with Gasteiger partial charge < -0.3 is 4.42 Å². The van der Waals surface area contributed by atoms with Gasteiger partial charge >= 0.3 is 0 Å². The van der Waals surface area contributed by atoms with Crippen LogP contribution in [0.1, 0.15) is 0 Å². The molecule has 0 fully saturated rings. The van der Waals surface area contributed by atoms with Crippen LogP contribution in [0.2, 0.25) is 0 Å². The fourth-order valence-electron chi connectivity index (χ4n) is 7.96. The molecule has 0 N–H and O–H groups in total. The number of nitrogens with zero attached hydrogens (tertiary/aromatic N) is 4. The number of hydrogen-bond acceptors (Lipinski definition) is 5. The SMILES string of the molecule is c1ccc(-c2nc(-c3cccc(-c4ccc(-c5cccc6ccc7nc(-c8ccccc8)oc7c56)cc4)c3)nc(-c3cc4ccccc4c4ccccc34)n2)cc1. The van der Waals surface area contributed by atoms with Crippen LogP contribution in [0.25, 0.3) is 111 Å². The molecule has 57 heavy (non-hydrogen) atoms. The highest BCUT2D eigenvalue weighted by atomic mass is 16.3. The molecule has 11 rings (SSSR count). The van der Waals surface area contributed by atoms with Gasteiger partial charge in [-0.3, -0.25) is 0 Å². The average Bonchev–Trinajstić information content (AvgIpc) is 3.74. The van der Waals surface area contributed by atoms with E-state index in [1.807, 2.05) is 66.7 Å². The van der Waals surface area contributed by atoms with Crippen LogP contribution in [0, 0.1) is 0 Å². The van der Waals surface area contributed by atoms with E-state index < -0.39 is 0 Å². The number of benzene rings is 9. The lowest BCUT2D eigenvalue weighted by molar-refractivity contribution is 0.623. The second kappa shape index (κ2) is 13.5. The molecule has 0 aliphatic heterocycles. The molecule has 0 saturated carbocycles. The molecule has 0 atom stereocenters. The Morgan fingerprint density at radius 1 is 0.316 bits per heavy atom. The molecule has 11 aromatic rings. The van der Waals surface area contributed by atoms with Gasteiger partial charge in [0.2, 0.25) is 5.89 Å². The first-order valence-electron chi connectivity index (χ1n) is 19.0. The predicted molar refractivity (Wildman–Crippen MR) is 233 cm³/mol. The number of fused-ring (bicyclic) bond motifs is 6. The molecule has 2 aromatic heterocycles. The molecule has 5 heteroatoms. The summed E-state index contributed by atoms with van der Waals surface area (Å²) in [5.41, 5.74) is 9.78. The van der Waals surface area contributed by atoms with Crippen molar-refractivity contribution in [2.75, 3.05) is 0 Å². The van der Waals surface area contributed by atoms with Crippen LogP contribution in [-0.4, -0.2) is 19.9 Å². The van der Waals surface area contributed by atoms with Crippen LogP contribution < -0.4 is 0 Å². The zero-order valence-electron chi connectivity index (χ0n) is 30.7. The van der Waals surface area contributed by atoms with Gasteiger partial charge in [-0.05, 0) is 79.5 Å². The first-order chi connectivity index (χ1) is 28.2. The summed E-state index contributed by atoms with van der Waals surface area (Å²) in [7, 11) is 0. The Morgan fingerprint density at radius 3 is 1.72 bits per heavy atom. The lowest BCUT2D eigenvalue weighted by atomic mass is 9.95. The smallest absolute Gasteiger partial charge is 0.227 e. The topological polar surface area (TPSA) is 64.7 Å². The Kier molecular flexibility index (Phi) is 7.74. The van der Waals surface area contributed by atoms with Crippen molar-refractivity contribution < 1.29 is 4.42 Å². The van der Waals surface area contributed by atoms with Crippen LogP contribution >= 0.6 is 0 Å². The van der Waals surface area contributed by atoms with Crippen molar-refractivity contribution >= 4 is 43.4 Å². The van der Waals surface area contributed by atoms with E-state index in [4.69, 9.17) is 24.4 Å². The minimum absolute atomic E-state index is 0.620. The summed E-state index contributed by atoms with van der Waals surface area (Å²) in [4.78, 5) is 20.2. The third-order valence-electron chi connectivity index (χ3n) is 10.7. The Morgan fingerprint density at radius 2 is 0.912 bits per heavy atom. The molecule has 5 nitrogen and oxygen atoms in total. The van der Waals surface area contributed by atoms with E-state index in [0.29, 0.717) is 23.4 Å². The molecule has 266 valence electrons. The quantitative estimate of drug-likeness (QED) is 0.160. The Balaban J connectivity index is 1.000. The minimum Gasteiger partial charge on any atom is -0.435 e. The number of aromatic nitrogens is 4. The lowest BCUT2D eigenvalue weighted by Gasteiger charge is -2.13. The minimum atomic E-state index is 0.620. The van der Waals surface area contributed by atoms with E-state index in [0.717, 1.165) is 77.2 Å². The van der Waals surface area contributed by atoms with Crippen LogP contribution in [0.15, 0.2) is 199 Å². The van der Waals surface area contributed by atoms with Gasteiger partial charge in [-0.15, -0.1) is 0 Å². The first-order valence-corrected chi connectivity index (χ1v) is 19.0. The van der Waals surface area contributed by atoms with Gasteiger partial charge in [-0.2, -0.15) is 0 Å². The molecule has 0 aliphatic carbocycles. The Hall–Kier alpha value is -7.76. The Labute approximate surface area is 328 Å².